The first-order chi connectivity index (χ1) is 14.1. The number of fused-ring (bicyclic) bond motifs is 1. The minimum absolute atomic E-state index is 0.549. The molecule has 0 saturated carbocycles. The molecule has 2 heterocycles. The first kappa shape index (κ1) is 19.2. The highest BCUT2D eigenvalue weighted by Gasteiger charge is 2.15. The Labute approximate surface area is 169 Å². The third kappa shape index (κ3) is 4.64. The van der Waals surface area contributed by atoms with Crippen molar-refractivity contribution in [1.29, 1.82) is 0 Å². The lowest BCUT2D eigenvalue weighted by atomic mass is 10.1. The average molecular weight is 391 g/mol. The Bertz CT molecular complexity index is 1020. The molecule has 0 unspecified atom stereocenters. The van der Waals surface area contributed by atoms with Crippen LogP contribution >= 0.6 is 0 Å². The summed E-state index contributed by atoms with van der Waals surface area (Å²) in [6.07, 6.45) is 3.64. The molecular weight excluding hydrogens is 366 g/mol. The van der Waals surface area contributed by atoms with E-state index < -0.39 is 5.91 Å². The zero-order valence-electron chi connectivity index (χ0n) is 16.4. The van der Waals surface area contributed by atoms with E-state index in [0.29, 0.717) is 6.42 Å². The van der Waals surface area contributed by atoms with Gasteiger partial charge in [0, 0.05) is 44.4 Å². The molecule has 3 N–H and O–H groups in total. The lowest BCUT2D eigenvalue weighted by Gasteiger charge is -2.34. The van der Waals surface area contributed by atoms with Gasteiger partial charge in [0.25, 0.3) is 5.91 Å². The Kier molecular flexibility index (Phi) is 5.59. The maximum absolute atomic E-state index is 11.1. The smallest absolute Gasteiger partial charge is 0.267 e. The highest BCUT2D eigenvalue weighted by molar-refractivity contribution is 5.90. The van der Waals surface area contributed by atoms with Crippen molar-refractivity contribution in [1.82, 2.24) is 20.3 Å². The molecule has 4 rings (SSSR count). The quantitative estimate of drug-likeness (QED) is 0.353. The number of carbonyl (C=O) groups excluding carboxylic acids is 1. The highest BCUT2D eigenvalue weighted by atomic mass is 16.5. The van der Waals surface area contributed by atoms with E-state index in [2.05, 4.69) is 40.0 Å². The van der Waals surface area contributed by atoms with Gasteiger partial charge in [0.05, 0.1) is 11.0 Å². The van der Waals surface area contributed by atoms with Crippen LogP contribution in [0.2, 0.25) is 0 Å². The number of hydrogen-bond donors (Lipinski definition) is 3. The van der Waals surface area contributed by atoms with Gasteiger partial charge in [-0.3, -0.25) is 10.0 Å². The fourth-order valence-corrected chi connectivity index (χ4v) is 3.54. The van der Waals surface area contributed by atoms with Crippen LogP contribution in [-0.4, -0.2) is 59.2 Å². The molecular formula is C22H25N5O2. The Morgan fingerprint density at radius 3 is 2.66 bits per heavy atom. The summed E-state index contributed by atoms with van der Waals surface area (Å²) in [5, 5.41) is 8.52. The summed E-state index contributed by atoms with van der Waals surface area (Å²) in [4.78, 5) is 24.0. The molecule has 7 nitrogen and oxygen atoms in total. The van der Waals surface area contributed by atoms with E-state index in [4.69, 9.17) is 10.2 Å². The second kappa shape index (κ2) is 8.46. The van der Waals surface area contributed by atoms with Crippen molar-refractivity contribution in [3.05, 3.63) is 65.5 Å². The number of amides is 1. The third-order valence-electron chi connectivity index (χ3n) is 5.27. The fraction of sp³-hybridized carbons (Fsp3) is 0.273. The maximum Gasteiger partial charge on any atom is 0.267 e. The Balaban J connectivity index is 1.45. The topological polar surface area (TPSA) is 84.5 Å². The number of H-pyrrole nitrogens is 1. The lowest BCUT2D eigenvalue weighted by molar-refractivity contribution is -0.124. The second-order valence-corrected chi connectivity index (χ2v) is 7.40. The van der Waals surface area contributed by atoms with Crippen molar-refractivity contribution in [2.24, 2.45) is 0 Å². The second-order valence-electron chi connectivity index (χ2n) is 7.40. The van der Waals surface area contributed by atoms with Crippen LogP contribution in [0.4, 0.5) is 5.69 Å². The number of likely N-dealkylation sites (N-methyl/N-ethyl adjacent to an activating group) is 1. The third-order valence-corrected chi connectivity index (χ3v) is 5.27. The number of hydroxylamine groups is 1. The lowest BCUT2D eigenvalue weighted by Crippen LogP contribution is -2.44. The van der Waals surface area contributed by atoms with Crippen LogP contribution in [0, 0.1) is 0 Å². The van der Waals surface area contributed by atoms with Gasteiger partial charge in [-0.25, -0.2) is 10.5 Å². The number of nitrogens with one attached hydrogen (secondary N) is 2. The molecule has 0 bridgehead atoms. The van der Waals surface area contributed by atoms with E-state index in [0.717, 1.165) is 54.2 Å². The van der Waals surface area contributed by atoms with E-state index in [-0.39, 0.29) is 0 Å². The van der Waals surface area contributed by atoms with Crippen LogP contribution in [0.15, 0.2) is 48.5 Å². The standard InChI is InChI=1S/C22H25N5O2/c1-26-10-12-27(13-11-26)18-7-8-19-20(15-18)24-21(23-19)14-17-4-2-16(3-5-17)6-9-22(28)25-29/h2-9,15,29H,10-14H2,1H3,(H,23,24)(H,25,28). The minimum Gasteiger partial charge on any atom is -0.369 e. The molecule has 1 aromatic heterocycles. The largest absolute Gasteiger partial charge is 0.369 e. The van der Waals surface area contributed by atoms with E-state index in [9.17, 15) is 4.79 Å². The van der Waals surface area contributed by atoms with Crippen molar-refractivity contribution in [2.75, 3.05) is 38.1 Å². The minimum atomic E-state index is -0.549. The van der Waals surface area contributed by atoms with Crippen LogP contribution in [0.5, 0.6) is 0 Å². The van der Waals surface area contributed by atoms with Crippen molar-refractivity contribution in [2.45, 2.75) is 6.42 Å². The number of nitrogens with zero attached hydrogens (tertiary/aromatic N) is 3. The number of imidazole rings is 1. The molecule has 29 heavy (non-hydrogen) atoms. The summed E-state index contributed by atoms with van der Waals surface area (Å²) in [6, 6.07) is 14.3. The summed E-state index contributed by atoms with van der Waals surface area (Å²) in [5.41, 5.74) is 6.87. The molecule has 0 radical (unpaired) electrons. The van der Waals surface area contributed by atoms with Crippen LogP contribution in [0.3, 0.4) is 0 Å². The van der Waals surface area contributed by atoms with Crippen molar-refractivity contribution < 1.29 is 10.0 Å². The van der Waals surface area contributed by atoms with Gasteiger partial charge in [0.1, 0.15) is 5.82 Å². The van der Waals surface area contributed by atoms with Gasteiger partial charge in [0.15, 0.2) is 0 Å². The highest BCUT2D eigenvalue weighted by Crippen LogP contribution is 2.22. The number of benzene rings is 2. The number of aromatic amines is 1. The number of carbonyl (C=O) groups is 1. The predicted molar refractivity (Wildman–Crippen MR) is 114 cm³/mol. The van der Waals surface area contributed by atoms with Gasteiger partial charge in [0.2, 0.25) is 0 Å². The number of anilines is 1. The van der Waals surface area contributed by atoms with Gasteiger partial charge in [-0.15, -0.1) is 0 Å². The van der Waals surface area contributed by atoms with E-state index in [1.165, 1.54) is 11.8 Å². The molecule has 1 aliphatic rings. The van der Waals surface area contributed by atoms with Crippen LogP contribution < -0.4 is 10.4 Å². The van der Waals surface area contributed by atoms with Crippen molar-refractivity contribution >= 4 is 28.7 Å². The van der Waals surface area contributed by atoms with Gasteiger partial charge in [-0.05, 0) is 42.4 Å². The monoisotopic (exact) mass is 391 g/mol. The van der Waals surface area contributed by atoms with Crippen molar-refractivity contribution in [3.8, 4) is 0 Å². The number of hydrogen-bond acceptors (Lipinski definition) is 5. The molecule has 1 saturated heterocycles. The summed E-state index contributed by atoms with van der Waals surface area (Å²) in [5.74, 6) is 0.380. The maximum atomic E-state index is 11.1. The zero-order chi connectivity index (χ0) is 20.2. The molecule has 3 aromatic rings. The molecule has 150 valence electrons. The zero-order valence-corrected chi connectivity index (χ0v) is 16.4. The fourth-order valence-electron chi connectivity index (χ4n) is 3.54. The first-order valence-corrected chi connectivity index (χ1v) is 9.74. The molecule has 2 aromatic carbocycles. The molecule has 1 fully saturated rings. The van der Waals surface area contributed by atoms with Crippen LogP contribution in [-0.2, 0) is 11.2 Å². The Hall–Kier alpha value is -3.16. The van der Waals surface area contributed by atoms with E-state index in [1.54, 1.807) is 11.6 Å². The van der Waals surface area contributed by atoms with Gasteiger partial charge >= 0.3 is 0 Å². The summed E-state index contributed by atoms with van der Waals surface area (Å²) >= 11 is 0. The first-order valence-electron chi connectivity index (χ1n) is 9.74. The molecule has 0 spiro atoms. The van der Waals surface area contributed by atoms with Crippen LogP contribution in [0.25, 0.3) is 17.1 Å². The van der Waals surface area contributed by atoms with E-state index >= 15 is 0 Å². The van der Waals surface area contributed by atoms with Crippen molar-refractivity contribution in [3.63, 3.8) is 0 Å². The summed E-state index contributed by atoms with van der Waals surface area (Å²) < 4.78 is 0. The Morgan fingerprint density at radius 2 is 1.93 bits per heavy atom. The summed E-state index contributed by atoms with van der Waals surface area (Å²) in [6.45, 7) is 4.26. The number of piperazine rings is 1. The molecule has 1 aliphatic heterocycles. The summed E-state index contributed by atoms with van der Waals surface area (Å²) in [7, 11) is 2.16. The normalized spacial score (nSPS) is 15.3. The SMILES string of the molecule is CN1CCN(c2ccc3nc(Cc4ccc(C=CC(=O)NO)cc4)[nH]c3c2)CC1. The molecule has 1 amide bonds. The molecule has 0 atom stereocenters. The predicted octanol–water partition coefficient (Wildman–Crippen LogP) is 2.42. The van der Waals surface area contributed by atoms with Gasteiger partial charge in [-0.1, -0.05) is 24.3 Å². The molecule has 0 aliphatic carbocycles. The van der Waals surface area contributed by atoms with Gasteiger partial charge < -0.3 is 14.8 Å². The van der Waals surface area contributed by atoms with E-state index in [1.807, 2.05) is 24.3 Å². The number of aromatic nitrogens is 2. The van der Waals surface area contributed by atoms with Crippen LogP contribution in [0.1, 0.15) is 17.0 Å². The Morgan fingerprint density at radius 1 is 1.17 bits per heavy atom. The number of rotatable bonds is 5. The molecule has 7 heteroatoms. The average Bonchev–Trinajstić information content (AvgIpc) is 3.15. The van der Waals surface area contributed by atoms with Gasteiger partial charge in [-0.2, -0.15) is 0 Å².